The van der Waals surface area contributed by atoms with Crippen molar-refractivity contribution < 1.29 is 4.79 Å². The van der Waals surface area contributed by atoms with Crippen LogP contribution in [0.4, 0.5) is 0 Å². The van der Waals surface area contributed by atoms with E-state index in [9.17, 15) is 4.79 Å². The fraction of sp³-hybridized carbons (Fsp3) is 0.538. The minimum atomic E-state index is -0.423. The minimum absolute atomic E-state index is 0.188. The van der Waals surface area contributed by atoms with Crippen LogP contribution in [0.2, 0.25) is 0 Å². The summed E-state index contributed by atoms with van der Waals surface area (Å²) in [6.07, 6.45) is 4.50. The molecule has 0 bridgehead atoms. The smallest absolute Gasteiger partial charge is 0.242 e. The van der Waals surface area contributed by atoms with E-state index in [4.69, 9.17) is 0 Å². The fourth-order valence-corrected chi connectivity index (χ4v) is 2.10. The van der Waals surface area contributed by atoms with Crippen molar-refractivity contribution in [3.05, 3.63) is 30.1 Å². The molecule has 1 aromatic heterocycles. The summed E-state index contributed by atoms with van der Waals surface area (Å²) >= 11 is 0. The standard InChI is InChI=1S/C13H19N3O/c1-13(2)12(17)16(9-7-15-13)8-5-11-4-3-6-14-10-11/h3-4,6,10,15H,5,7-9H2,1-2H3. The zero-order valence-electron chi connectivity index (χ0n) is 10.4. The second kappa shape index (κ2) is 4.84. The molecule has 0 unspecified atom stereocenters. The molecule has 0 aromatic carbocycles. The summed E-state index contributed by atoms with van der Waals surface area (Å²) in [6.45, 7) is 6.31. The van der Waals surface area contributed by atoms with Crippen LogP contribution in [0.3, 0.4) is 0 Å². The quantitative estimate of drug-likeness (QED) is 0.841. The zero-order valence-corrected chi connectivity index (χ0v) is 10.4. The number of piperazine rings is 1. The van der Waals surface area contributed by atoms with Gasteiger partial charge in [-0.25, -0.2) is 0 Å². The second-order valence-corrected chi connectivity index (χ2v) is 4.96. The molecule has 92 valence electrons. The average Bonchev–Trinajstić information content (AvgIpc) is 2.32. The Labute approximate surface area is 102 Å². The van der Waals surface area contributed by atoms with Crippen LogP contribution < -0.4 is 5.32 Å². The lowest BCUT2D eigenvalue weighted by Crippen LogP contribution is -2.61. The van der Waals surface area contributed by atoms with E-state index < -0.39 is 5.54 Å². The van der Waals surface area contributed by atoms with Crippen molar-refractivity contribution in [1.82, 2.24) is 15.2 Å². The minimum Gasteiger partial charge on any atom is -0.340 e. The van der Waals surface area contributed by atoms with Gasteiger partial charge < -0.3 is 10.2 Å². The first-order valence-electron chi connectivity index (χ1n) is 6.03. The maximum absolute atomic E-state index is 12.1. The maximum atomic E-state index is 12.1. The van der Waals surface area contributed by atoms with Crippen LogP contribution in [-0.2, 0) is 11.2 Å². The molecule has 2 rings (SSSR count). The molecule has 1 aliphatic rings. The number of aromatic nitrogens is 1. The van der Waals surface area contributed by atoms with Crippen molar-refractivity contribution in [2.45, 2.75) is 25.8 Å². The molecule has 0 saturated carbocycles. The maximum Gasteiger partial charge on any atom is 0.242 e. The predicted molar refractivity (Wildman–Crippen MR) is 66.6 cm³/mol. The highest BCUT2D eigenvalue weighted by atomic mass is 16.2. The van der Waals surface area contributed by atoms with Crippen LogP contribution in [0.5, 0.6) is 0 Å². The predicted octanol–water partition coefficient (Wildman–Crippen LogP) is 0.834. The normalized spacial score (nSPS) is 19.4. The lowest BCUT2D eigenvalue weighted by atomic mass is 10.0. The number of nitrogens with zero attached hydrogens (tertiary/aromatic N) is 2. The van der Waals surface area contributed by atoms with E-state index in [1.807, 2.05) is 37.1 Å². The molecule has 1 aliphatic heterocycles. The highest BCUT2D eigenvalue weighted by Crippen LogP contribution is 2.12. The number of amides is 1. The van der Waals surface area contributed by atoms with Crippen molar-refractivity contribution in [1.29, 1.82) is 0 Å². The van der Waals surface area contributed by atoms with Crippen LogP contribution in [0.1, 0.15) is 19.4 Å². The van der Waals surface area contributed by atoms with Gasteiger partial charge in [-0.1, -0.05) is 6.07 Å². The number of nitrogens with one attached hydrogen (secondary N) is 1. The number of carbonyl (C=O) groups excluding carboxylic acids is 1. The van der Waals surface area contributed by atoms with E-state index in [2.05, 4.69) is 10.3 Å². The number of hydrogen-bond acceptors (Lipinski definition) is 3. The van der Waals surface area contributed by atoms with Crippen molar-refractivity contribution >= 4 is 5.91 Å². The van der Waals surface area contributed by atoms with Crippen molar-refractivity contribution in [2.75, 3.05) is 19.6 Å². The van der Waals surface area contributed by atoms with Gasteiger partial charge >= 0.3 is 0 Å². The van der Waals surface area contributed by atoms with Gasteiger partial charge in [0.25, 0.3) is 0 Å². The molecule has 0 atom stereocenters. The topological polar surface area (TPSA) is 45.2 Å². The molecule has 1 amide bonds. The molecule has 4 nitrogen and oxygen atoms in total. The lowest BCUT2D eigenvalue weighted by Gasteiger charge is -2.38. The Kier molecular flexibility index (Phi) is 3.43. The molecule has 0 radical (unpaired) electrons. The fourth-order valence-electron chi connectivity index (χ4n) is 2.10. The van der Waals surface area contributed by atoms with Gasteiger partial charge in [0.2, 0.25) is 5.91 Å². The first-order valence-corrected chi connectivity index (χ1v) is 6.03. The van der Waals surface area contributed by atoms with Gasteiger partial charge in [-0.15, -0.1) is 0 Å². The third-order valence-electron chi connectivity index (χ3n) is 3.16. The molecule has 1 saturated heterocycles. The molecule has 17 heavy (non-hydrogen) atoms. The summed E-state index contributed by atoms with van der Waals surface area (Å²) < 4.78 is 0. The van der Waals surface area contributed by atoms with Crippen LogP contribution in [0.25, 0.3) is 0 Å². The number of rotatable bonds is 3. The Bertz CT molecular complexity index is 389. The SMILES string of the molecule is CC1(C)NCCN(CCc2cccnc2)C1=O. The molecule has 1 aromatic rings. The molecular weight excluding hydrogens is 214 g/mol. The summed E-state index contributed by atoms with van der Waals surface area (Å²) in [5.41, 5.74) is 0.754. The number of pyridine rings is 1. The van der Waals surface area contributed by atoms with E-state index in [0.29, 0.717) is 0 Å². The van der Waals surface area contributed by atoms with E-state index in [1.54, 1.807) is 6.20 Å². The number of hydrogen-bond donors (Lipinski definition) is 1. The van der Waals surface area contributed by atoms with Gasteiger partial charge in [0.15, 0.2) is 0 Å². The first-order chi connectivity index (χ1) is 8.09. The Morgan fingerprint density at radius 3 is 3.06 bits per heavy atom. The van der Waals surface area contributed by atoms with Crippen LogP contribution in [0, 0.1) is 0 Å². The summed E-state index contributed by atoms with van der Waals surface area (Å²) in [7, 11) is 0. The highest BCUT2D eigenvalue weighted by molar-refractivity contribution is 5.86. The van der Waals surface area contributed by atoms with E-state index in [1.165, 1.54) is 5.56 Å². The van der Waals surface area contributed by atoms with Crippen LogP contribution in [-0.4, -0.2) is 41.0 Å². The van der Waals surface area contributed by atoms with E-state index in [-0.39, 0.29) is 5.91 Å². The van der Waals surface area contributed by atoms with E-state index >= 15 is 0 Å². The summed E-state index contributed by atoms with van der Waals surface area (Å²) in [5, 5.41) is 3.23. The van der Waals surface area contributed by atoms with Crippen LogP contribution >= 0.6 is 0 Å². The average molecular weight is 233 g/mol. The largest absolute Gasteiger partial charge is 0.340 e. The first kappa shape index (κ1) is 12.0. The Morgan fingerprint density at radius 1 is 1.53 bits per heavy atom. The van der Waals surface area contributed by atoms with Gasteiger partial charge in [0, 0.05) is 32.0 Å². The van der Waals surface area contributed by atoms with Gasteiger partial charge in [-0.2, -0.15) is 0 Å². The Hall–Kier alpha value is -1.42. The molecule has 1 fully saturated rings. The van der Waals surface area contributed by atoms with Gasteiger partial charge in [0.05, 0.1) is 5.54 Å². The van der Waals surface area contributed by atoms with E-state index in [0.717, 1.165) is 26.1 Å². The van der Waals surface area contributed by atoms with Gasteiger partial charge in [-0.05, 0) is 31.9 Å². The third-order valence-corrected chi connectivity index (χ3v) is 3.16. The Morgan fingerprint density at radius 2 is 2.35 bits per heavy atom. The zero-order chi connectivity index (χ0) is 12.3. The van der Waals surface area contributed by atoms with Crippen LogP contribution in [0.15, 0.2) is 24.5 Å². The highest BCUT2D eigenvalue weighted by Gasteiger charge is 2.34. The number of carbonyl (C=O) groups is 1. The molecule has 2 heterocycles. The summed E-state index contributed by atoms with van der Waals surface area (Å²) in [4.78, 5) is 18.1. The molecular formula is C13H19N3O. The van der Waals surface area contributed by atoms with Crippen molar-refractivity contribution in [3.63, 3.8) is 0 Å². The lowest BCUT2D eigenvalue weighted by molar-refractivity contribution is -0.139. The third kappa shape index (κ3) is 2.82. The molecule has 0 spiro atoms. The second-order valence-electron chi connectivity index (χ2n) is 4.96. The molecule has 4 heteroatoms. The van der Waals surface area contributed by atoms with Gasteiger partial charge in [-0.3, -0.25) is 9.78 Å². The van der Waals surface area contributed by atoms with Crippen molar-refractivity contribution in [3.8, 4) is 0 Å². The molecule has 1 N–H and O–H groups in total. The Balaban J connectivity index is 1.93. The monoisotopic (exact) mass is 233 g/mol. The van der Waals surface area contributed by atoms with Crippen molar-refractivity contribution in [2.24, 2.45) is 0 Å². The molecule has 0 aliphatic carbocycles. The summed E-state index contributed by atoms with van der Waals surface area (Å²) in [6, 6.07) is 3.98. The summed E-state index contributed by atoms with van der Waals surface area (Å²) in [5.74, 6) is 0.188. The van der Waals surface area contributed by atoms with Gasteiger partial charge in [0.1, 0.15) is 0 Å².